The first kappa shape index (κ1) is 14.3. The third-order valence-electron chi connectivity index (χ3n) is 3.72. The summed E-state index contributed by atoms with van der Waals surface area (Å²) in [7, 11) is 0. The number of furan rings is 1. The second-order valence-electron chi connectivity index (χ2n) is 5.16. The van der Waals surface area contributed by atoms with E-state index in [9.17, 15) is 4.79 Å². The van der Waals surface area contributed by atoms with E-state index in [1.54, 1.807) is 6.07 Å². The summed E-state index contributed by atoms with van der Waals surface area (Å²) in [6, 6.07) is 14.0. The van der Waals surface area contributed by atoms with Crippen molar-refractivity contribution in [3.63, 3.8) is 0 Å². The molecule has 1 aliphatic rings. The fourth-order valence-electron chi connectivity index (χ4n) is 2.58. The summed E-state index contributed by atoms with van der Waals surface area (Å²) in [4.78, 5) is 15.0. The Bertz CT molecular complexity index is 656. The molecule has 2 aromatic rings. The second kappa shape index (κ2) is 6.39. The Morgan fingerprint density at radius 1 is 1.00 bits per heavy atom. The van der Waals surface area contributed by atoms with E-state index in [1.807, 2.05) is 12.1 Å². The van der Waals surface area contributed by atoms with E-state index < -0.39 is 5.97 Å². The molecule has 3 rings (SSSR count). The molecular weight excluding hydrogens is 280 g/mol. The fourth-order valence-corrected chi connectivity index (χ4v) is 2.58. The van der Waals surface area contributed by atoms with Gasteiger partial charge in [0.05, 0.1) is 0 Å². The van der Waals surface area contributed by atoms with Crippen molar-refractivity contribution < 1.29 is 14.3 Å². The highest BCUT2D eigenvalue weighted by Crippen LogP contribution is 2.23. The van der Waals surface area contributed by atoms with Crippen LogP contribution in [0, 0.1) is 0 Å². The molecule has 5 heteroatoms. The van der Waals surface area contributed by atoms with Gasteiger partial charge in [-0.3, -0.25) is 0 Å². The number of benzene rings is 1. The van der Waals surface area contributed by atoms with Crippen molar-refractivity contribution in [2.24, 2.45) is 0 Å². The van der Waals surface area contributed by atoms with Gasteiger partial charge in [0.1, 0.15) is 5.76 Å². The first-order chi connectivity index (χ1) is 10.7. The monoisotopic (exact) mass is 298 g/mol. The van der Waals surface area contributed by atoms with Gasteiger partial charge >= 0.3 is 5.97 Å². The Hall–Kier alpha value is -2.69. The van der Waals surface area contributed by atoms with Crippen LogP contribution in [0.15, 0.2) is 53.0 Å². The molecule has 1 saturated heterocycles. The van der Waals surface area contributed by atoms with Crippen LogP contribution >= 0.6 is 0 Å². The SMILES string of the molecule is O=C(O)/C=C/c1ccc(N2CCN(c3ccccc3)CC2)o1. The highest BCUT2D eigenvalue weighted by molar-refractivity contribution is 5.84. The zero-order chi connectivity index (χ0) is 15.4. The van der Waals surface area contributed by atoms with Crippen LogP contribution in [-0.4, -0.2) is 37.3 Å². The number of rotatable bonds is 4. The molecule has 0 atom stereocenters. The molecule has 22 heavy (non-hydrogen) atoms. The van der Waals surface area contributed by atoms with Crippen LogP contribution < -0.4 is 9.80 Å². The number of nitrogens with zero attached hydrogens (tertiary/aromatic N) is 2. The minimum Gasteiger partial charge on any atom is -0.478 e. The number of anilines is 2. The molecule has 1 aromatic heterocycles. The number of hydrogen-bond acceptors (Lipinski definition) is 4. The maximum atomic E-state index is 10.5. The minimum absolute atomic E-state index is 0.558. The fraction of sp³-hybridized carbons (Fsp3) is 0.235. The number of carbonyl (C=O) groups is 1. The van der Waals surface area contributed by atoms with Crippen LogP contribution in [0.1, 0.15) is 5.76 Å². The van der Waals surface area contributed by atoms with Crippen LogP contribution in [0.25, 0.3) is 6.08 Å². The summed E-state index contributed by atoms with van der Waals surface area (Å²) < 4.78 is 5.67. The molecule has 1 aromatic carbocycles. The van der Waals surface area contributed by atoms with Gasteiger partial charge < -0.3 is 19.3 Å². The summed E-state index contributed by atoms with van der Waals surface area (Å²) >= 11 is 0. The second-order valence-corrected chi connectivity index (χ2v) is 5.16. The predicted molar refractivity (Wildman–Crippen MR) is 86.2 cm³/mol. The molecule has 1 N–H and O–H groups in total. The molecule has 0 unspecified atom stereocenters. The zero-order valence-corrected chi connectivity index (χ0v) is 12.2. The van der Waals surface area contributed by atoms with Crippen molar-refractivity contribution in [1.82, 2.24) is 0 Å². The molecule has 0 spiro atoms. The molecule has 1 aliphatic heterocycles. The van der Waals surface area contributed by atoms with Crippen LogP contribution in [0.2, 0.25) is 0 Å². The Morgan fingerprint density at radius 3 is 2.36 bits per heavy atom. The van der Waals surface area contributed by atoms with Crippen molar-refractivity contribution >= 4 is 23.6 Å². The van der Waals surface area contributed by atoms with E-state index in [0.29, 0.717) is 5.76 Å². The summed E-state index contributed by atoms with van der Waals surface area (Å²) in [6.45, 7) is 3.63. The lowest BCUT2D eigenvalue weighted by Gasteiger charge is -2.35. The summed E-state index contributed by atoms with van der Waals surface area (Å²) in [5.41, 5.74) is 1.24. The van der Waals surface area contributed by atoms with E-state index in [4.69, 9.17) is 9.52 Å². The average molecular weight is 298 g/mol. The van der Waals surface area contributed by atoms with Crippen molar-refractivity contribution in [3.8, 4) is 0 Å². The van der Waals surface area contributed by atoms with Gasteiger partial charge in [-0.05, 0) is 24.3 Å². The van der Waals surface area contributed by atoms with Crippen LogP contribution in [0.3, 0.4) is 0 Å². The lowest BCUT2D eigenvalue weighted by Crippen LogP contribution is -2.46. The van der Waals surface area contributed by atoms with Gasteiger partial charge in [-0.25, -0.2) is 4.79 Å². The highest BCUT2D eigenvalue weighted by Gasteiger charge is 2.19. The Balaban J connectivity index is 1.61. The van der Waals surface area contributed by atoms with Gasteiger partial charge in [0.2, 0.25) is 0 Å². The molecule has 0 bridgehead atoms. The number of para-hydroxylation sites is 1. The molecule has 5 nitrogen and oxygen atoms in total. The number of aliphatic carboxylic acids is 1. The number of hydrogen-bond donors (Lipinski definition) is 1. The Morgan fingerprint density at radius 2 is 1.68 bits per heavy atom. The summed E-state index contributed by atoms with van der Waals surface area (Å²) in [6.07, 6.45) is 2.54. The van der Waals surface area contributed by atoms with Gasteiger partial charge in [0.25, 0.3) is 0 Å². The van der Waals surface area contributed by atoms with Crippen LogP contribution in [0.5, 0.6) is 0 Å². The third-order valence-corrected chi connectivity index (χ3v) is 3.72. The van der Waals surface area contributed by atoms with E-state index >= 15 is 0 Å². The maximum absolute atomic E-state index is 10.5. The molecular formula is C17H18N2O3. The Labute approximate surface area is 129 Å². The molecule has 0 saturated carbocycles. The van der Waals surface area contributed by atoms with E-state index in [1.165, 1.54) is 11.8 Å². The minimum atomic E-state index is -0.977. The number of piperazine rings is 1. The van der Waals surface area contributed by atoms with Crippen LogP contribution in [0.4, 0.5) is 11.6 Å². The smallest absolute Gasteiger partial charge is 0.328 e. The van der Waals surface area contributed by atoms with Gasteiger partial charge in [-0.15, -0.1) is 0 Å². The standard InChI is InChI=1S/C17H18N2O3/c20-17(21)9-7-15-6-8-16(22-15)19-12-10-18(11-13-19)14-4-2-1-3-5-14/h1-9H,10-13H2,(H,20,21)/b9-7+. The predicted octanol–water partition coefficient (Wildman–Crippen LogP) is 2.70. The summed E-state index contributed by atoms with van der Waals surface area (Å²) in [5, 5.41) is 8.62. The molecule has 0 radical (unpaired) electrons. The molecule has 2 heterocycles. The third kappa shape index (κ3) is 3.31. The Kier molecular flexibility index (Phi) is 4.14. The first-order valence-electron chi connectivity index (χ1n) is 7.28. The van der Waals surface area contributed by atoms with Crippen LogP contribution in [-0.2, 0) is 4.79 Å². The lowest BCUT2D eigenvalue weighted by atomic mass is 10.2. The van der Waals surface area contributed by atoms with Gasteiger partial charge in [0, 0.05) is 44.0 Å². The normalized spacial score (nSPS) is 15.5. The van der Waals surface area contributed by atoms with Gasteiger partial charge in [-0.2, -0.15) is 0 Å². The van der Waals surface area contributed by atoms with E-state index in [0.717, 1.165) is 38.1 Å². The van der Waals surface area contributed by atoms with E-state index in [-0.39, 0.29) is 0 Å². The van der Waals surface area contributed by atoms with Crippen molar-refractivity contribution in [3.05, 3.63) is 54.3 Å². The van der Waals surface area contributed by atoms with Crippen molar-refractivity contribution in [2.75, 3.05) is 36.0 Å². The number of carboxylic acids is 1. The maximum Gasteiger partial charge on any atom is 0.328 e. The highest BCUT2D eigenvalue weighted by atomic mass is 16.4. The zero-order valence-electron chi connectivity index (χ0n) is 12.2. The molecule has 0 amide bonds. The lowest BCUT2D eigenvalue weighted by molar-refractivity contribution is -0.131. The number of carboxylic acid groups (broad SMARTS) is 1. The largest absolute Gasteiger partial charge is 0.478 e. The molecule has 0 aliphatic carbocycles. The van der Waals surface area contributed by atoms with Gasteiger partial charge in [-0.1, -0.05) is 18.2 Å². The average Bonchev–Trinajstić information content (AvgIpc) is 3.03. The molecule has 1 fully saturated rings. The topological polar surface area (TPSA) is 56.9 Å². The quantitative estimate of drug-likeness (QED) is 0.880. The van der Waals surface area contributed by atoms with E-state index in [2.05, 4.69) is 34.1 Å². The van der Waals surface area contributed by atoms with Crippen molar-refractivity contribution in [1.29, 1.82) is 0 Å². The van der Waals surface area contributed by atoms with Crippen molar-refractivity contribution in [2.45, 2.75) is 0 Å². The molecule has 114 valence electrons. The summed E-state index contributed by atoms with van der Waals surface area (Å²) in [5.74, 6) is 0.370. The van der Waals surface area contributed by atoms with Gasteiger partial charge in [0.15, 0.2) is 5.88 Å². The first-order valence-corrected chi connectivity index (χ1v) is 7.28.